The maximum Gasteiger partial charge on any atom is 0.353 e. The summed E-state index contributed by atoms with van der Waals surface area (Å²) in [6.07, 6.45) is 1.29. The number of aryl methyl sites for hydroxylation is 2. The number of hydrogen-bond acceptors (Lipinski definition) is 8. The molecule has 0 unspecified atom stereocenters. The van der Waals surface area contributed by atoms with Crippen molar-refractivity contribution in [2.45, 2.75) is 13.8 Å². The maximum atomic E-state index is 12.1. The first-order chi connectivity index (χ1) is 16.0. The summed E-state index contributed by atoms with van der Waals surface area (Å²) in [5, 5.41) is 19.9. The van der Waals surface area contributed by atoms with Crippen molar-refractivity contribution in [3.63, 3.8) is 0 Å². The lowest BCUT2D eigenvalue weighted by Crippen LogP contribution is -2.06. The molecule has 2 aromatic carbocycles. The predicted molar refractivity (Wildman–Crippen MR) is 128 cm³/mol. The van der Waals surface area contributed by atoms with Crippen LogP contribution in [0.15, 0.2) is 67.0 Å². The smallest absolute Gasteiger partial charge is 0.334 e. The molecule has 0 aliphatic heterocycles. The zero-order valence-electron chi connectivity index (χ0n) is 17.9. The largest absolute Gasteiger partial charge is 0.353 e. The minimum atomic E-state index is -0.494. The lowest BCUT2D eigenvalue weighted by molar-refractivity contribution is -0.383. The Hall–Kier alpha value is -4.66. The number of hydrogen-bond donors (Lipinski definition) is 2. The number of pyridine rings is 2. The van der Waals surface area contributed by atoms with Gasteiger partial charge < -0.3 is 10.6 Å². The molecule has 0 saturated heterocycles. The van der Waals surface area contributed by atoms with Gasteiger partial charge in [-0.3, -0.25) is 20.1 Å². The number of rotatable bonds is 5. The van der Waals surface area contributed by atoms with Crippen molar-refractivity contribution in [1.29, 1.82) is 0 Å². The fraction of sp³-hybridized carbons (Fsp3) is 0.0833. The molecule has 0 saturated carbocycles. The van der Waals surface area contributed by atoms with Crippen LogP contribution in [0, 0.1) is 24.0 Å². The molecule has 0 aliphatic rings. The average molecular weight is 437 g/mol. The molecule has 0 aliphatic carbocycles. The summed E-state index contributed by atoms with van der Waals surface area (Å²) in [5.74, 6) is 0.166. The summed E-state index contributed by atoms with van der Waals surface area (Å²) in [6, 6.07) is 18.8. The van der Waals surface area contributed by atoms with Gasteiger partial charge in [-0.1, -0.05) is 12.1 Å². The molecule has 33 heavy (non-hydrogen) atoms. The summed E-state index contributed by atoms with van der Waals surface area (Å²) < 4.78 is 0. The summed E-state index contributed by atoms with van der Waals surface area (Å²) in [6.45, 7) is 3.83. The van der Waals surface area contributed by atoms with Crippen LogP contribution >= 0.6 is 0 Å². The Bertz CT molecular complexity index is 1430. The average Bonchev–Trinajstić information content (AvgIpc) is 2.79. The van der Waals surface area contributed by atoms with Gasteiger partial charge in [0.2, 0.25) is 11.6 Å². The highest BCUT2D eigenvalue weighted by molar-refractivity contribution is 5.96. The van der Waals surface area contributed by atoms with Gasteiger partial charge in [-0.15, -0.1) is 0 Å². The minimum Gasteiger partial charge on any atom is -0.334 e. The Morgan fingerprint density at radius 3 is 1.67 bits per heavy atom. The Morgan fingerprint density at radius 1 is 0.727 bits per heavy atom. The molecular formula is C24H19N7O2. The van der Waals surface area contributed by atoms with Crippen LogP contribution in [-0.2, 0) is 0 Å². The van der Waals surface area contributed by atoms with E-state index in [0.29, 0.717) is 11.4 Å². The van der Waals surface area contributed by atoms with Gasteiger partial charge in [0, 0.05) is 33.5 Å². The second kappa shape index (κ2) is 8.12. The summed E-state index contributed by atoms with van der Waals surface area (Å²) in [5.41, 5.74) is 4.42. The Kier molecular flexibility index (Phi) is 4.98. The van der Waals surface area contributed by atoms with Gasteiger partial charge >= 0.3 is 5.69 Å². The molecule has 0 spiro atoms. The SMILES string of the molecule is Cc1ccc2c(Nc3ncnc(Nc4cccc5nc(C)ccc45)c3[N+](=O)[O-])cccc2n1. The second-order valence-corrected chi connectivity index (χ2v) is 7.58. The lowest BCUT2D eigenvalue weighted by Gasteiger charge is -2.13. The number of aromatic nitrogens is 4. The van der Waals surface area contributed by atoms with E-state index in [1.54, 1.807) is 0 Å². The molecule has 0 atom stereocenters. The molecule has 5 rings (SSSR count). The first kappa shape index (κ1) is 20.3. The quantitative estimate of drug-likeness (QED) is 0.270. The molecular weight excluding hydrogens is 418 g/mol. The summed E-state index contributed by atoms with van der Waals surface area (Å²) in [7, 11) is 0. The topological polar surface area (TPSA) is 119 Å². The van der Waals surface area contributed by atoms with Gasteiger partial charge in [0.15, 0.2) is 0 Å². The number of nitrogens with one attached hydrogen (secondary N) is 2. The highest BCUT2D eigenvalue weighted by Gasteiger charge is 2.24. The van der Waals surface area contributed by atoms with Crippen LogP contribution in [0.1, 0.15) is 11.4 Å². The fourth-order valence-corrected chi connectivity index (χ4v) is 3.72. The monoisotopic (exact) mass is 437 g/mol. The molecule has 0 fully saturated rings. The highest BCUT2D eigenvalue weighted by Crippen LogP contribution is 2.36. The second-order valence-electron chi connectivity index (χ2n) is 7.58. The van der Waals surface area contributed by atoms with Gasteiger partial charge in [0.1, 0.15) is 6.33 Å². The summed E-state index contributed by atoms with van der Waals surface area (Å²) in [4.78, 5) is 28.9. The van der Waals surface area contributed by atoms with Gasteiger partial charge in [0.05, 0.1) is 16.0 Å². The van der Waals surface area contributed by atoms with E-state index in [-0.39, 0.29) is 17.3 Å². The molecule has 3 aromatic heterocycles. The van der Waals surface area contributed by atoms with Gasteiger partial charge in [-0.25, -0.2) is 9.97 Å². The minimum absolute atomic E-state index is 0.0831. The first-order valence-electron chi connectivity index (χ1n) is 10.3. The van der Waals surface area contributed by atoms with E-state index >= 15 is 0 Å². The normalized spacial score (nSPS) is 11.0. The molecule has 3 heterocycles. The van der Waals surface area contributed by atoms with Gasteiger partial charge in [-0.2, -0.15) is 0 Å². The third-order valence-electron chi connectivity index (χ3n) is 5.25. The van der Waals surface area contributed by atoms with E-state index in [1.807, 2.05) is 74.5 Å². The number of nitro groups is 1. The van der Waals surface area contributed by atoms with Crippen LogP contribution in [0.2, 0.25) is 0 Å². The van der Waals surface area contributed by atoms with Crippen molar-refractivity contribution in [2.75, 3.05) is 10.6 Å². The van der Waals surface area contributed by atoms with Gasteiger partial charge in [-0.05, 0) is 62.4 Å². The van der Waals surface area contributed by atoms with Crippen LogP contribution in [-0.4, -0.2) is 24.9 Å². The third-order valence-corrected chi connectivity index (χ3v) is 5.25. The molecule has 0 bridgehead atoms. The predicted octanol–water partition coefficient (Wildman–Crippen LogP) is 5.59. The maximum absolute atomic E-state index is 12.1. The zero-order chi connectivity index (χ0) is 22.9. The number of anilines is 4. The van der Waals surface area contributed by atoms with Crippen molar-refractivity contribution >= 4 is 50.5 Å². The van der Waals surface area contributed by atoms with Crippen LogP contribution < -0.4 is 10.6 Å². The van der Waals surface area contributed by atoms with Gasteiger partial charge in [0.25, 0.3) is 0 Å². The van der Waals surface area contributed by atoms with E-state index < -0.39 is 4.92 Å². The van der Waals surface area contributed by atoms with Crippen molar-refractivity contribution in [3.8, 4) is 0 Å². The van der Waals surface area contributed by atoms with Crippen molar-refractivity contribution in [2.24, 2.45) is 0 Å². The summed E-state index contributed by atoms with van der Waals surface area (Å²) >= 11 is 0. The third kappa shape index (κ3) is 3.87. The molecule has 162 valence electrons. The molecule has 9 nitrogen and oxygen atoms in total. The molecule has 5 aromatic rings. The number of nitrogens with zero attached hydrogens (tertiary/aromatic N) is 5. The highest BCUT2D eigenvalue weighted by atomic mass is 16.6. The van der Waals surface area contributed by atoms with E-state index in [9.17, 15) is 10.1 Å². The van der Waals surface area contributed by atoms with Crippen molar-refractivity contribution < 1.29 is 4.92 Å². The van der Waals surface area contributed by atoms with Crippen LogP contribution in [0.25, 0.3) is 21.8 Å². The van der Waals surface area contributed by atoms with Crippen LogP contribution in [0.3, 0.4) is 0 Å². The molecule has 0 amide bonds. The standard InChI is InChI=1S/C24H19N7O2/c1-14-9-11-16-18(27-14)5-3-7-20(16)29-23-22(31(32)33)24(26-13-25-23)30-21-8-4-6-19-17(21)12-10-15(2)28-19/h3-13H,1-2H3,(H2,25,26,29,30). The Labute approximate surface area is 188 Å². The van der Waals surface area contributed by atoms with E-state index in [0.717, 1.165) is 33.2 Å². The van der Waals surface area contributed by atoms with Crippen molar-refractivity contribution in [3.05, 3.63) is 88.5 Å². The first-order valence-corrected chi connectivity index (χ1v) is 10.3. The number of benzene rings is 2. The van der Waals surface area contributed by atoms with Crippen LogP contribution in [0.4, 0.5) is 28.7 Å². The molecule has 9 heteroatoms. The lowest BCUT2D eigenvalue weighted by atomic mass is 10.1. The molecule has 0 radical (unpaired) electrons. The van der Waals surface area contributed by atoms with Crippen LogP contribution in [0.5, 0.6) is 0 Å². The fourth-order valence-electron chi connectivity index (χ4n) is 3.72. The molecule has 2 N–H and O–H groups in total. The number of fused-ring (bicyclic) bond motifs is 2. The zero-order valence-corrected chi connectivity index (χ0v) is 17.9. The Balaban J connectivity index is 1.58. The van der Waals surface area contributed by atoms with E-state index in [4.69, 9.17) is 0 Å². The van der Waals surface area contributed by atoms with Crippen molar-refractivity contribution in [1.82, 2.24) is 19.9 Å². The van der Waals surface area contributed by atoms with E-state index in [2.05, 4.69) is 30.6 Å². The Morgan fingerprint density at radius 2 is 1.21 bits per heavy atom. The van der Waals surface area contributed by atoms with E-state index in [1.165, 1.54) is 6.33 Å².